The van der Waals surface area contributed by atoms with Crippen molar-refractivity contribution in [3.05, 3.63) is 52.1 Å². The van der Waals surface area contributed by atoms with E-state index in [9.17, 15) is 23.1 Å². The highest BCUT2D eigenvalue weighted by Crippen LogP contribution is 2.34. The average molecular weight is 447 g/mol. The number of halogens is 3. The highest BCUT2D eigenvalue weighted by Gasteiger charge is 2.36. The third-order valence-electron chi connectivity index (χ3n) is 6.56. The van der Waals surface area contributed by atoms with E-state index in [2.05, 4.69) is 15.3 Å². The lowest BCUT2D eigenvalue weighted by molar-refractivity contribution is -0.141. The maximum atomic E-state index is 12.9. The van der Waals surface area contributed by atoms with Gasteiger partial charge >= 0.3 is 6.18 Å². The number of aromatic nitrogens is 2. The Balaban J connectivity index is 1.21. The Hall–Kier alpha value is -2.72. The second-order valence-corrected chi connectivity index (χ2v) is 8.65. The minimum absolute atomic E-state index is 0.0291. The summed E-state index contributed by atoms with van der Waals surface area (Å²) in [6.07, 6.45) is -2.13. The molecule has 5 heterocycles. The number of carbonyl (C=O) groups excluding carboxylic acids is 1. The van der Waals surface area contributed by atoms with Gasteiger partial charge in [-0.3, -0.25) is 14.8 Å². The van der Waals surface area contributed by atoms with Crippen molar-refractivity contribution >= 4 is 11.6 Å². The first-order valence-corrected chi connectivity index (χ1v) is 10.7. The molecule has 1 fully saturated rings. The number of nitrogens with one attached hydrogen (secondary N) is 1. The number of aliphatic hydroxyl groups is 1. The molecule has 10 heteroatoms. The van der Waals surface area contributed by atoms with Crippen LogP contribution in [0.1, 0.15) is 40.2 Å². The van der Waals surface area contributed by atoms with Crippen LogP contribution in [0.25, 0.3) is 0 Å². The van der Waals surface area contributed by atoms with Crippen molar-refractivity contribution in [2.75, 3.05) is 24.5 Å². The number of nitrogens with zero attached hydrogens (tertiary/aromatic N) is 4. The van der Waals surface area contributed by atoms with Crippen LogP contribution in [0, 0.1) is 5.92 Å². The molecule has 7 nitrogen and oxygen atoms in total. The van der Waals surface area contributed by atoms with Crippen molar-refractivity contribution in [2.45, 2.75) is 45.3 Å². The van der Waals surface area contributed by atoms with Crippen molar-refractivity contribution < 1.29 is 23.1 Å². The molecule has 0 aromatic carbocycles. The van der Waals surface area contributed by atoms with Gasteiger partial charge in [0, 0.05) is 50.4 Å². The van der Waals surface area contributed by atoms with Crippen molar-refractivity contribution in [3.8, 4) is 0 Å². The van der Waals surface area contributed by atoms with Gasteiger partial charge in [-0.05, 0) is 41.8 Å². The summed E-state index contributed by atoms with van der Waals surface area (Å²) in [5.74, 6) is 0.131. The topological polar surface area (TPSA) is 81.6 Å². The van der Waals surface area contributed by atoms with Crippen LogP contribution in [0.15, 0.2) is 18.3 Å². The molecule has 0 unspecified atom stereocenters. The minimum Gasteiger partial charge on any atom is -0.390 e. The molecule has 32 heavy (non-hydrogen) atoms. The van der Waals surface area contributed by atoms with E-state index >= 15 is 0 Å². The number of pyridine rings is 2. The fraction of sp³-hybridized carbons (Fsp3) is 0.500. The molecule has 0 spiro atoms. The van der Waals surface area contributed by atoms with Gasteiger partial charge in [-0.2, -0.15) is 13.2 Å². The van der Waals surface area contributed by atoms with Crippen molar-refractivity contribution in [1.29, 1.82) is 0 Å². The van der Waals surface area contributed by atoms with Gasteiger partial charge in [-0.25, -0.2) is 0 Å². The first kappa shape index (κ1) is 21.1. The van der Waals surface area contributed by atoms with Crippen LogP contribution in [0.2, 0.25) is 0 Å². The van der Waals surface area contributed by atoms with Crippen LogP contribution in [-0.2, 0) is 43.6 Å². The molecule has 2 aromatic heterocycles. The van der Waals surface area contributed by atoms with Crippen molar-refractivity contribution in [3.63, 3.8) is 0 Å². The fourth-order valence-electron chi connectivity index (χ4n) is 4.87. The summed E-state index contributed by atoms with van der Waals surface area (Å²) in [5, 5.41) is 13.1. The Morgan fingerprint density at radius 3 is 2.78 bits per heavy atom. The van der Waals surface area contributed by atoms with Gasteiger partial charge < -0.3 is 20.2 Å². The smallest absolute Gasteiger partial charge is 0.390 e. The molecule has 0 saturated carbocycles. The highest BCUT2D eigenvalue weighted by atomic mass is 19.4. The van der Waals surface area contributed by atoms with Gasteiger partial charge in [0.2, 0.25) is 5.91 Å². The summed E-state index contributed by atoms with van der Waals surface area (Å²) in [6, 6.07) is 2.61. The third-order valence-corrected chi connectivity index (χ3v) is 6.56. The van der Waals surface area contributed by atoms with Gasteiger partial charge in [0.1, 0.15) is 5.69 Å². The predicted molar refractivity (Wildman–Crippen MR) is 109 cm³/mol. The number of hydrogen-bond acceptors (Lipinski definition) is 6. The largest absolute Gasteiger partial charge is 0.433 e. The van der Waals surface area contributed by atoms with Gasteiger partial charge in [0.15, 0.2) is 0 Å². The van der Waals surface area contributed by atoms with Gasteiger partial charge in [-0.15, -0.1) is 0 Å². The molecule has 1 amide bonds. The molecule has 1 saturated heterocycles. The predicted octanol–water partition coefficient (Wildman–Crippen LogP) is 2.00. The van der Waals surface area contributed by atoms with Gasteiger partial charge in [0.05, 0.1) is 24.5 Å². The second kappa shape index (κ2) is 8.00. The summed E-state index contributed by atoms with van der Waals surface area (Å²) < 4.78 is 38.7. The van der Waals surface area contributed by atoms with E-state index in [0.29, 0.717) is 44.0 Å². The highest BCUT2D eigenvalue weighted by molar-refractivity contribution is 5.78. The SMILES string of the molecule is O=C(CC1CN(c2ccnc(C(F)(F)F)c2)C1)N1Cc2nc(CO)c3c(c2C1)CNCC3. The minimum atomic E-state index is -4.47. The van der Waals surface area contributed by atoms with E-state index in [0.717, 1.165) is 48.0 Å². The first-order chi connectivity index (χ1) is 15.3. The molecule has 3 aliphatic rings. The van der Waals surface area contributed by atoms with Gasteiger partial charge in [-0.1, -0.05) is 0 Å². The summed E-state index contributed by atoms with van der Waals surface area (Å²) in [6.45, 7) is 3.51. The van der Waals surface area contributed by atoms with Crippen LogP contribution >= 0.6 is 0 Å². The fourth-order valence-corrected chi connectivity index (χ4v) is 4.87. The number of amides is 1. The Bertz CT molecular complexity index is 1050. The lowest BCUT2D eigenvalue weighted by Crippen LogP contribution is -2.48. The van der Waals surface area contributed by atoms with E-state index in [1.54, 1.807) is 11.0 Å². The number of alkyl halides is 3. The lowest BCUT2D eigenvalue weighted by atomic mass is 9.94. The average Bonchev–Trinajstić information content (AvgIpc) is 3.19. The quantitative estimate of drug-likeness (QED) is 0.746. The molecular formula is C22H24F3N5O2. The number of rotatable bonds is 4. The van der Waals surface area contributed by atoms with Crippen LogP contribution < -0.4 is 10.2 Å². The Labute approximate surface area is 183 Å². The van der Waals surface area contributed by atoms with E-state index in [-0.39, 0.29) is 18.4 Å². The van der Waals surface area contributed by atoms with E-state index in [1.807, 2.05) is 4.90 Å². The molecule has 0 bridgehead atoms. The first-order valence-electron chi connectivity index (χ1n) is 10.7. The molecule has 2 aromatic rings. The molecule has 3 aliphatic heterocycles. The summed E-state index contributed by atoms with van der Waals surface area (Å²) in [5.41, 5.74) is 4.49. The van der Waals surface area contributed by atoms with E-state index in [1.165, 1.54) is 6.20 Å². The molecule has 170 valence electrons. The maximum Gasteiger partial charge on any atom is 0.433 e. The molecular weight excluding hydrogens is 423 g/mol. The Morgan fingerprint density at radius 2 is 2.03 bits per heavy atom. The monoisotopic (exact) mass is 447 g/mol. The summed E-state index contributed by atoms with van der Waals surface area (Å²) in [4.78, 5) is 24.6. The van der Waals surface area contributed by atoms with E-state index in [4.69, 9.17) is 0 Å². The molecule has 0 radical (unpaired) electrons. The van der Waals surface area contributed by atoms with Crippen molar-refractivity contribution in [2.24, 2.45) is 5.92 Å². The maximum absolute atomic E-state index is 12.9. The van der Waals surface area contributed by atoms with Gasteiger partial charge in [0.25, 0.3) is 0 Å². The van der Waals surface area contributed by atoms with Crippen LogP contribution in [0.4, 0.5) is 18.9 Å². The van der Waals surface area contributed by atoms with E-state index < -0.39 is 11.9 Å². The normalized spacial score (nSPS) is 18.4. The number of hydrogen-bond donors (Lipinski definition) is 2. The summed E-state index contributed by atoms with van der Waals surface area (Å²) >= 11 is 0. The Morgan fingerprint density at radius 1 is 1.22 bits per heavy atom. The zero-order valence-corrected chi connectivity index (χ0v) is 17.5. The number of carbonyl (C=O) groups is 1. The van der Waals surface area contributed by atoms with Crippen molar-refractivity contribution in [1.82, 2.24) is 20.2 Å². The lowest BCUT2D eigenvalue weighted by Gasteiger charge is -2.41. The number of anilines is 1. The third kappa shape index (κ3) is 3.81. The molecule has 5 rings (SSSR count). The number of fused-ring (bicyclic) bond motifs is 3. The zero-order valence-electron chi connectivity index (χ0n) is 17.5. The molecule has 0 aliphatic carbocycles. The summed E-state index contributed by atoms with van der Waals surface area (Å²) in [7, 11) is 0. The number of aliphatic hydroxyl groups excluding tert-OH is 1. The Kier molecular flexibility index (Phi) is 5.29. The molecule has 0 atom stereocenters. The van der Waals surface area contributed by atoms with Crippen LogP contribution in [-0.4, -0.2) is 45.5 Å². The zero-order chi connectivity index (χ0) is 22.5. The second-order valence-electron chi connectivity index (χ2n) is 8.65. The molecule has 2 N–H and O–H groups in total. The standard InChI is InChI=1S/C22H24F3N5O2/c23-22(24,25)20-6-14(1-4-27-20)29-8-13(9-29)5-21(32)30-10-17-16-7-26-3-2-15(16)19(12-31)28-18(17)11-30/h1,4,6,13,26,31H,2-3,5,7-12H2. The van der Waals surface area contributed by atoms with Crippen LogP contribution in [0.3, 0.4) is 0 Å². The van der Waals surface area contributed by atoms with Crippen LogP contribution in [0.5, 0.6) is 0 Å².